The van der Waals surface area contributed by atoms with Crippen LogP contribution in [0, 0.1) is 12.8 Å². The Morgan fingerprint density at radius 2 is 1.95 bits per heavy atom. The first-order valence-electron chi connectivity index (χ1n) is 7.61. The molecule has 1 heterocycles. The van der Waals surface area contributed by atoms with Crippen LogP contribution >= 0.6 is 0 Å². The Kier molecular flexibility index (Phi) is 5.41. The summed E-state index contributed by atoms with van der Waals surface area (Å²) in [6, 6.07) is 9.30. The molecule has 2 nitrogen and oxygen atoms in total. The summed E-state index contributed by atoms with van der Waals surface area (Å²) >= 11 is 0. The maximum absolute atomic E-state index is 3.72. The highest BCUT2D eigenvalue weighted by molar-refractivity contribution is 5.26. The third-order valence-corrected chi connectivity index (χ3v) is 4.38. The van der Waals surface area contributed by atoms with E-state index in [1.165, 1.54) is 43.6 Å². The lowest BCUT2D eigenvalue weighted by molar-refractivity contribution is 0.213. The number of hydrogen-bond donors (Lipinski definition) is 1. The second-order valence-electron chi connectivity index (χ2n) is 6.19. The number of aryl methyl sites for hydroxylation is 1. The Hall–Kier alpha value is -0.860. The molecular formula is C17H28N2. The highest BCUT2D eigenvalue weighted by Gasteiger charge is 2.17. The van der Waals surface area contributed by atoms with Gasteiger partial charge in [-0.2, -0.15) is 0 Å². The lowest BCUT2D eigenvalue weighted by Gasteiger charge is -2.30. The number of nitrogens with zero attached hydrogens (tertiary/aromatic N) is 1. The van der Waals surface area contributed by atoms with E-state index < -0.39 is 0 Å². The number of nitrogens with one attached hydrogen (secondary N) is 1. The molecule has 1 aliphatic heterocycles. The molecule has 19 heavy (non-hydrogen) atoms. The van der Waals surface area contributed by atoms with Gasteiger partial charge in [-0.3, -0.25) is 0 Å². The molecule has 0 radical (unpaired) electrons. The van der Waals surface area contributed by atoms with Gasteiger partial charge in [-0.05, 0) is 76.8 Å². The van der Waals surface area contributed by atoms with Crippen molar-refractivity contribution in [2.45, 2.75) is 39.2 Å². The van der Waals surface area contributed by atoms with Crippen LogP contribution in [0.1, 0.15) is 30.9 Å². The molecular weight excluding hydrogens is 232 g/mol. The van der Waals surface area contributed by atoms with Gasteiger partial charge in [0.1, 0.15) is 0 Å². The third-order valence-electron chi connectivity index (χ3n) is 4.38. The van der Waals surface area contributed by atoms with Crippen LogP contribution in [0.25, 0.3) is 0 Å². The van der Waals surface area contributed by atoms with Crippen molar-refractivity contribution in [1.82, 2.24) is 10.2 Å². The standard InChI is InChI=1S/C17H28N2/c1-14-6-4-5-7-17(14)12-15(2)18-13-16-8-10-19(3)11-9-16/h4-7,15-16,18H,8-13H2,1-3H3. The van der Waals surface area contributed by atoms with E-state index in [-0.39, 0.29) is 0 Å². The minimum atomic E-state index is 0.570. The SMILES string of the molecule is Cc1ccccc1CC(C)NCC1CCN(C)CC1. The van der Waals surface area contributed by atoms with E-state index in [9.17, 15) is 0 Å². The molecule has 0 saturated carbocycles. The van der Waals surface area contributed by atoms with Gasteiger partial charge in [0.15, 0.2) is 0 Å². The summed E-state index contributed by atoms with van der Waals surface area (Å²) in [5, 5.41) is 3.72. The van der Waals surface area contributed by atoms with Gasteiger partial charge in [0.2, 0.25) is 0 Å². The summed E-state index contributed by atoms with van der Waals surface area (Å²) in [6.45, 7) is 8.22. The summed E-state index contributed by atoms with van der Waals surface area (Å²) in [4.78, 5) is 2.44. The Morgan fingerprint density at radius 3 is 2.63 bits per heavy atom. The molecule has 0 aromatic heterocycles. The van der Waals surface area contributed by atoms with Crippen LogP contribution in [0.5, 0.6) is 0 Å². The van der Waals surface area contributed by atoms with Crippen molar-refractivity contribution in [3.63, 3.8) is 0 Å². The lowest BCUT2D eigenvalue weighted by Crippen LogP contribution is -2.38. The van der Waals surface area contributed by atoms with Gasteiger partial charge in [0.05, 0.1) is 0 Å². The smallest absolute Gasteiger partial charge is 0.00793 e. The predicted octanol–water partition coefficient (Wildman–Crippen LogP) is 2.86. The van der Waals surface area contributed by atoms with Gasteiger partial charge < -0.3 is 10.2 Å². The molecule has 1 unspecified atom stereocenters. The fourth-order valence-corrected chi connectivity index (χ4v) is 2.88. The largest absolute Gasteiger partial charge is 0.314 e. The Bertz CT molecular complexity index is 381. The first-order valence-corrected chi connectivity index (χ1v) is 7.61. The number of likely N-dealkylation sites (tertiary alicyclic amines) is 1. The molecule has 1 N–H and O–H groups in total. The summed E-state index contributed by atoms with van der Waals surface area (Å²) in [6.07, 6.45) is 3.83. The fourth-order valence-electron chi connectivity index (χ4n) is 2.88. The molecule has 1 saturated heterocycles. The van der Waals surface area contributed by atoms with Crippen LogP contribution in [0.2, 0.25) is 0 Å². The molecule has 0 aliphatic carbocycles. The Labute approximate surface area is 118 Å². The zero-order chi connectivity index (χ0) is 13.7. The topological polar surface area (TPSA) is 15.3 Å². The van der Waals surface area contributed by atoms with Crippen LogP contribution in [-0.2, 0) is 6.42 Å². The first-order chi connectivity index (χ1) is 9.15. The van der Waals surface area contributed by atoms with Gasteiger partial charge >= 0.3 is 0 Å². The molecule has 0 amide bonds. The van der Waals surface area contributed by atoms with Crippen molar-refractivity contribution in [3.05, 3.63) is 35.4 Å². The number of piperidine rings is 1. The molecule has 1 aromatic rings. The van der Waals surface area contributed by atoms with Crippen LogP contribution in [0.15, 0.2) is 24.3 Å². The number of hydrogen-bond acceptors (Lipinski definition) is 2. The maximum Gasteiger partial charge on any atom is 0.00793 e. The third kappa shape index (κ3) is 4.63. The monoisotopic (exact) mass is 260 g/mol. The predicted molar refractivity (Wildman–Crippen MR) is 82.6 cm³/mol. The van der Waals surface area contributed by atoms with E-state index in [1.54, 1.807) is 0 Å². The molecule has 2 rings (SSSR count). The Balaban J connectivity index is 1.73. The van der Waals surface area contributed by atoms with Crippen molar-refractivity contribution >= 4 is 0 Å². The molecule has 0 bridgehead atoms. The average molecular weight is 260 g/mol. The summed E-state index contributed by atoms with van der Waals surface area (Å²) in [5.41, 5.74) is 2.89. The van der Waals surface area contributed by atoms with Gasteiger partial charge in [-0.1, -0.05) is 24.3 Å². The molecule has 1 atom stereocenters. The van der Waals surface area contributed by atoms with Gasteiger partial charge in [0.25, 0.3) is 0 Å². The van der Waals surface area contributed by atoms with Crippen LogP contribution < -0.4 is 5.32 Å². The zero-order valence-electron chi connectivity index (χ0n) is 12.7. The minimum Gasteiger partial charge on any atom is -0.314 e. The second kappa shape index (κ2) is 7.06. The molecule has 2 heteroatoms. The number of rotatable bonds is 5. The normalized spacial score (nSPS) is 19.5. The lowest BCUT2D eigenvalue weighted by atomic mass is 9.96. The highest BCUT2D eigenvalue weighted by atomic mass is 15.1. The van der Waals surface area contributed by atoms with E-state index in [2.05, 4.69) is 55.4 Å². The van der Waals surface area contributed by atoms with E-state index >= 15 is 0 Å². The second-order valence-corrected chi connectivity index (χ2v) is 6.19. The van der Waals surface area contributed by atoms with E-state index in [4.69, 9.17) is 0 Å². The quantitative estimate of drug-likeness (QED) is 0.876. The summed E-state index contributed by atoms with van der Waals surface area (Å²) in [5.74, 6) is 0.871. The molecule has 1 aliphatic rings. The fraction of sp³-hybridized carbons (Fsp3) is 0.647. The van der Waals surface area contributed by atoms with Gasteiger partial charge in [-0.15, -0.1) is 0 Å². The average Bonchev–Trinajstić information content (AvgIpc) is 2.41. The molecule has 0 spiro atoms. The van der Waals surface area contributed by atoms with E-state index in [1.807, 2.05) is 0 Å². The zero-order valence-corrected chi connectivity index (χ0v) is 12.7. The molecule has 1 aromatic carbocycles. The first kappa shape index (κ1) is 14.5. The Morgan fingerprint density at radius 1 is 1.26 bits per heavy atom. The van der Waals surface area contributed by atoms with Gasteiger partial charge in [0, 0.05) is 6.04 Å². The molecule has 1 fully saturated rings. The van der Waals surface area contributed by atoms with Crippen molar-refractivity contribution in [3.8, 4) is 0 Å². The highest BCUT2D eigenvalue weighted by Crippen LogP contribution is 2.15. The minimum absolute atomic E-state index is 0.570. The van der Waals surface area contributed by atoms with Crippen molar-refractivity contribution in [1.29, 1.82) is 0 Å². The maximum atomic E-state index is 3.72. The van der Waals surface area contributed by atoms with E-state index in [0.29, 0.717) is 6.04 Å². The van der Waals surface area contributed by atoms with Crippen LogP contribution in [-0.4, -0.2) is 37.6 Å². The van der Waals surface area contributed by atoms with Crippen molar-refractivity contribution < 1.29 is 0 Å². The van der Waals surface area contributed by atoms with Crippen LogP contribution in [0.3, 0.4) is 0 Å². The van der Waals surface area contributed by atoms with Gasteiger partial charge in [-0.25, -0.2) is 0 Å². The molecule has 106 valence electrons. The summed E-state index contributed by atoms with van der Waals surface area (Å²) in [7, 11) is 2.23. The van der Waals surface area contributed by atoms with Crippen molar-refractivity contribution in [2.75, 3.05) is 26.7 Å². The van der Waals surface area contributed by atoms with Crippen molar-refractivity contribution in [2.24, 2.45) is 5.92 Å². The van der Waals surface area contributed by atoms with E-state index in [0.717, 1.165) is 12.3 Å². The summed E-state index contributed by atoms with van der Waals surface area (Å²) < 4.78 is 0. The number of benzene rings is 1. The van der Waals surface area contributed by atoms with Crippen LogP contribution in [0.4, 0.5) is 0 Å².